The maximum Gasteiger partial charge on any atom is 0.290 e. The maximum absolute atomic E-state index is 12.1. The summed E-state index contributed by atoms with van der Waals surface area (Å²) in [5.41, 5.74) is 0.670. The third kappa shape index (κ3) is 3.71. The first-order valence-corrected chi connectivity index (χ1v) is 6.62. The molecule has 0 unspecified atom stereocenters. The molecule has 19 heavy (non-hydrogen) atoms. The molecule has 0 radical (unpaired) electrons. The number of hydrogen-bond acceptors (Lipinski definition) is 4. The summed E-state index contributed by atoms with van der Waals surface area (Å²) < 4.78 is 5.47. The van der Waals surface area contributed by atoms with Crippen LogP contribution in [0.5, 0.6) is 5.75 Å². The molecule has 0 aromatic heterocycles. The molecule has 1 aliphatic rings. The van der Waals surface area contributed by atoms with E-state index in [4.69, 9.17) is 4.74 Å². The first-order chi connectivity index (χ1) is 9.31. The van der Waals surface area contributed by atoms with Crippen LogP contribution in [0, 0.1) is 0 Å². The number of ether oxygens (including phenoxy) is 1. The van der Waals surface area contributed by atoms with Gasteiger partial charge in [0.05, 0.1) is 12.3 Å². The van der Waals surface area contributed by atoms with Gasteiger partial charge in [-0.1, -0.05) is 12.1 Å². The monoisotopic (exact) mass is 261 g/mol. The summed E-state index contributed by atoms with van der Waals surface area (Å²) in [6, 6.07) is 7.39. The highest BCUT2D eigenvalue weighted by Gasteiger charge is 2.14. The molecule has 5 heteroatoms. The fourth-order valence-corrected chi connectivity index (χ4v) is 1.88. The molecule has 0 spiro atoms. The molecule has 102 valence electrons. The average Bonchev–Trinajstić information content (AvgIpc) is 2.70. The van der Waals surface area contributed by atoms with E-state index in [1.54, 1.807) is 0 Å². The van der Waals surface area contributed by atoms with Crippen molar-refractivity contribution in [2.45, 2.75) is 19.8 Å². The number of nitrogens with zero attached hydrogens (tertiary/aromatic N) is 1. The molecule has 2 rings (SSSR count). The largest absolute Gasteiger partial charge is 0.492 e. The van der Waals surface area contributed by atoms with Crippen LogP contribution in [0.2, 0.25) is 0 Å². The summed E-state index contributed by atoms with van der Waals surface area (Å²) in [5, 5.41) is 5.89. The van der Waals surface area contributed by atoms with Gasteiger partial charge in [-0.15, -0.1) is 0 Å². The second-order valence-electron chi connectivity index (χ2n) is 4.25. The lowest BCUT2D eigenvalue weighted by atomic mass is 10.3. The first-order valence-electron chi connectivity index (χ1n) is 6.62. The number of aliphatic imine (C=N–C) groups is 1. The third-order valence-corrected chi connectivity index (χ3v) is 2.80. The number of rotatable bonds is 4. The van der Waals surface area contributed by atoms with E-state index in [0.29, 0.717) is 30.4 Å². The lowest BCUT2D eigenvalue weighted by molar-refractivity contribution is -0.110. The number of para-hydroxylation sites is 2. The third-order valence-electron chi connectivity index (χ3n) is 2.80. The topological polar surface area (TPSA) is 62.7 Å². The molecule has 0 saturated heterocycles. The zero-order chi connectivity index (χ0) is 13.5. The van der Waals surface area contributed by atoms with Crippen molar-refractivity contribution in [2.75, 3.05) is 25.0 Å². The number of amides is 1. The quantitative estimate of drug-likeness (QED) is 0.868. The predicted molar refractivity (Wildman–Crippen MR) is 75.8 cm³/mol. The Labute approximate surface area is 113 Å². The summed E-state index contributed by atoms with van der Waals surface area (Å²) in [7, 11) is 0. The van der Waals surface area contributed by atoms with Gasteiger partial charge in [-0.2, -0.15) is 0 Å². The van der Waals surface area contributed by atoms with Crippen molar-refractivity contribution in [2.24, 2.45) is 4.99 Å². The van der Waals surface area contributed by atoms with E-state index in [1.165, 1.54) is 0 Å². The minimum absolute atomic E-state index is 0.214. The Bertz CT molecular complexity index is 472. The minimum atomic E-state index is -0.214. The fraction of sp³-hybridized carbons (Fsp3) is 0.429. The highest BCUT2D eigenvalue weighted by molar-refractivity contribution is 6.42. The highest BCUT2D eigenvalue weighted by Crippen LogP contribution is 2.23. The van der Waals surface area contributed by atoms with Crippen LogP contribution in [0.4, 0.5) is 5.69 Å². The van der Waals surface area contributed by atoms with Crippen LogP contribution in [-0.2, 0) is 4.79 Å². The number of anilines is 1. The number of benzene rings is 1. The summed E-state index contributed by atoms with van der Waals surface area (Å²) in [6.45, 7) is 3.96. The fourth-order valence-electron chi connectivity index (χ4n) is 1.88. The van der Waals surface area contributed by atoms with Crippen molar-refractivity contribution in [3.05, 3.63) is 24.3 Å². The molecule has 1 heterocycles. The van der Waals surface area contributed by atoms with E-state index < -0.39 is 0 Å². The van der Waals surface area contributed by atoms with Crippen LogP contribution in [0.1, 0.15) is 19.8 Å². The van der Waals surface area contributed by atoms with Crippen LogP contribution >= 0.6 is 0 Å². The second kappa shape index (κ2) is 6.78. The number of carbonyl (C=O) groups is 1. The molecule has 1 aromatic carbocycles. The van der Waals surface area contributed by atoms with Crippen LogP contribution in [0.25, 0.3) is 0 Å². The van der Waals surface area contributed by atoms with Gasteiger partial charge in [0.2, 0.25) is 0 Å². The minimum Gasteiger partial charge on any atom is -0.492 e. The summed E-state index contributed by atoms with van der Waals surface area (Å²) >= 11 is 0. The van der Waals surface area contributed by atoms with Crippen molar-refractivity contribution in [1.82, 2.24) is 5.32 Å². The van der Waals surface area contributed by atoms with E-state index >= 15 is 0 Å². The van der Waals surface area contributed by atoms with Crippen molar-refractivity contribution in [1.29, 1.82) is 0 Å². The molecule has 0 fully saturated rings. The molecule has 0 saturated carbocycles. The van der Waals surface area contributed by atoms with E-state index in [-0.39, 0.29) is 5.91 Å². The maximum atomic E-state index is 12.1. The van der Waals surface area contributed by atoms with Gasteiger partial charge < -0.3 is 15.4 Å². The molecule has 1 aliphatic heterocycles. The molecule has 0 aliphatic carbocycles. The van der Waals surface area contributed by atoms with Gasteiger partial charge in [-0.25, -0.2) is 0 Å². The SMILES string of the molecule is CCOc1ccccc1NC(=O)C1=NCCCCN1. The van der Waals surface area contributed by atoms with Gasteiger partial charge in [-0.3, -0.25) is 9.79 Å². The van der Waals surface area contributed by atoms with Gasteiger partial charge in [0.25, 0.3) is 5.91 Å². The van der Waals surface area contributed by atoms with Crippen molar-refractivity contribution in [3.63, 3.8) is 0 Å². The predicted octanol–water partition coefficient (Wildman–Crippen LogP) is 1.81. The summed E-state index contributed by atoms with van der Waals surface area (Å²) in [6.07, 6.45) is 2.05. The zero-order valence-electron chi connectivity index (χ0n) is 11.1. The van der Waals surface area contributed by atoms with Gasteiger partial charge in [-0.05, 0) is 31.9 Å². The van der Waals surface area contributed by atoms with Gasteiger partial charge in [0.15, 0.2) is 5.84 Å². The number of amidine groups is 1. The molecule has 2 N–H and O–H groups in total. The lowest BCUT2D eigenvalue weighted by Crippen LogP contribution is -2.35. The normalized spacial score (nSPS) is 14.9. The molecular weight excluding hydrogens is 242 g/mol. The van der Waals surface area contributed by atoms with Crippen molar-refractivity contribution >= 4 is 17.4 Å². The Kier molecular flexibility index (Phi) is 4.78. The Morgan fingerprint density at radius 3 is 3.11 bits per heavy atom. The Balaban J connectivity index is 2.07. The molecule has 0 atom stereocenters. The molecule has 0 bridgehead atoms. The van der Waals surface area contributed by atoms with Gasteiger partial charge in [0, 0.05) is 13.1 Å². The second-order valence-corrected chi connectivity index (χ2v) is 4.25. The van der Waals surface area contributed by atoms with Crippen LogP contribution in [0.15, 0.2) is 29.3 Å². The van der Waals surface area contributed by atoms with Crippen LogP contribution in [0.3, 0.4) is 0 Å². The lowest BCUT2D eigenvalue weighted by Gasteiger charge is -2.12. The number of nitrogens with one attached hydrogen (secondary N) is 2. The Morgan fingerprint density at radius 1 is 1.42 bits per heavy atom. The molecular formula is C14H19N3O2. The van der Waals surface area contributed by atoms with Crippen molar-refractivity contribution < 1.29 is 9.53 Å². The van der Waals surface area contributed by atoms with E-state index in [0.717, 1.165) is 19.4 Å². The van der Waals surface area contributed by atoms with E-state index in [2.05, 4.69) is 15.6 Å². The Morgan fingerprint density at radius 2 is 2.26 bits per heavy atom. The summed E-state index contributed by atoms with van der Waals surface area (Å²) in [4.78, 5) is 16.4. The molecule has 1 amide bonds. The average molecular weight is 261 g/mol. The van der Waals surface area contributed by atoms with Crippen LogP contribution < -0.4 is 15.4 Å². The summed E-state index contributed by atoms with van der Waals surface area (Å²) in [5.74, 6) is 0.866. The number of hydrogen-bond donors (Lipinski definition) is 2. The van der Waals surface area contributed by atoms with Gasteiger partial charge >= 0.3 is 0 Å². The zero-order valence-corrected chi connectivity index (χ0v) is 11.1. The smallest absolute Gasteiger partial charge is 0.290 e. The van der Waals surface area contributed by atoms with E-state index in [1.807, 2.05) is 31.2 Å². The van der Waals surface area contributed by atoms with Crippen molar-refractivity contribution in [3.8, 4) is 5.75 Å². The first kappa shape index (κ1) is 13.4. The molecule has 5 nitrogen and oxygen atoms in total. The number of carbonyl (C=O) groups excluding carboxylic acids is 1. The Hall–Kier alpha value is -2.04. The van der Waals surface area contributed by atoms with E-state index in [9.17, 15) is 4.79 Å². The highest BCUT2D eigenvalue weighted by atomic mass is 16.5. The van der Waals surface area contributed by atoms with Gasteiger partial charge in [0.1, 0.15) is 5.75 Å². The molecule has 1 aromatic rings. The van der Waals surface area contributed by atoms with Crippen LogP contribution in [-0.4, -0.2) is 31.4 Å². The standard InChI is InChI=1S/C14H19N3O2/c1-2-19-12-8-4-3-7-11(12)17-14(18)13-15-9-5-6-10-16-13/h3-4,7-8H,2,5-6,9-10H2,1H3,(H,15,16)(H,17,18).